The molecule has 0 spiro atoms. The lowest BCUT2D eigenvalue weighted by molar-refractivity contribution is -0.144. The molecule has 1 unspecified atom stereocenters. The van der Waals surface area contributed by atoms with Crippen molar-refractivity contribution < 1.29 is 14.4 Å². The van der Waals surface area contributed by atoms with Crippen LogP contribution in [-0.4, -0.2) is 34.2 Å². The molecule has 2 aromatic carbocycles. The minimum Gasteiger partial charge on any atom is -0.325 e. The summed E-state index contributed by atoms with van der Waals surface area (Å²) < 4.78 is 0.865. The molecule has 1 atom stereocenters. The molecule has 0 aliphatic carbocycles. The largest absolute Gasteiger partial charge is 0.325 e. The van der Waals surface area contributed by atoms with Gasteiger partial charge >= 0.3 is 0 Å². The molecular weight excluding hydrogens is 432 g/mol. The van der Waals surface area contributed by atoms with E-state index in [4.69, 9.17) is 0 Å². The zero-order chi connectivity index (χ0) is 21.2. The third kappa shape index (κ3) is 4.42. The molecule has 1 fully saturated rings. The molecule has 152 valence electrons. The van der Waals surface area contributed by atoms with Crippen molar-refractivity contribution in [3.8, 4) is 0 Å². The van der Waals surface area contributed by atoms with Crippen LogP contribution < -0.4 is 4.90 Å². The van der Waals surface area contributed by atoms with Gasteiger partial charge in [0.2, 0.25) is 11.8 Å². The highest BCUT2D eigenvalue weighted by Crippen LogP contribution is 2.32. The molecule has 1 aliphatic heterocycles. The lowest BCUT2D eigenvalue weighted by atomic mass is 9.94. The number of imide groups is 1. The number of amides is 3. The maximum absolute atomic E-state index is 13.3. The van der Waals surface area contributed by atoms with Crippen molar-refractivity contribution in [3.05, 3.63) is 64.6 Å². The van der Waals surface area contributed by atoms with E-state index in [1.165, 1.54) is 4.90 Å². The molecule has 0 N–H and O–H groups in total. The van der Waals surface area contributed by atoms with Crippen LogP contribution in [0.1, 0.15) is 39.2 Å². The van der Waals surface area contributed by atoms with Crippen molar-refractivity contribution in [2.75, 3.05) is 4.90 Å². The SMILES string of the molecule is CCC(C)(C)N(C(=O)Cc1ccccc1)C1CC(=O)N(c2ccc(Br)cc2)C1=O. The first-order valence-electron chi connectivity index (χ1n) is 9.73. The molecule has 6 heteroatoms. The quantitative estimate of drug-likeness (QED) is 0.607. The van der Waals surface area contributed by atoms with Crippen LogP contribution in [0.15, 0.2) is 59.1 Å². The summed E-state index contributed by atoms with van der Waals surface area (Å²) in [5.41, 5.74) is 0.855. The molecule has 1 aliphatic rings. The smallest absolute Gasteiger partial charge is 0.257 e. The van der Waals surface area contributed by atoms with Crippen LogP contribution in [0, 0.1) is 0 Å². The minimum absolute atomic E-state index is 0.00113. The zero-order valence-electron chi connectivity index (χ0n) is 16.9. The first-order valence-corrected chi connectivity index (χ1v) is 10.5. The molecule has 1 saturated heterocycles. The van der Waals surface area contributed by atoms with E-state index in [2.05, 4.69) is 15.9 Å². The maximum atomic E-state index is 13.3. The Labute approximate surface area is 179 Å². The number of carbonyl (C=O) groups is 3. The Kier molecular flexibility index (Phi) is 6.22. The molecule has 1 heterocycles. The third-order valence-corrected chi connectivity index (χ3v) is 6.03. The van der Waals surface area contributed by atoms with Gasteiger partial charge in [0.05, 0.1) is 18.5 Å². The first-order chi connectivity index (χ1) is 13.7. The van der Waals surface area contributed by atoms with Gasteiger partial charge in [0.1, 0.15) is 6.04 Å². The Hall–Kier alpha value is -2.47. The van der Waals surface area contributed by atoms with Crippen molar-refractivity contribution >= 4 is 39.3 Å². The summed E-state index contributed by atoms with van der Waals surface area (Å²) >= 11 is 3.36. The Bertz CT molecular complexity index is 909. The average Bonchev–Trinajstić information content (AvgIpc) is 2.97. The van der Waals surface area contributed by atoms with Crippen LogP contribution in [0.3, 0.4) is 0 Å². The van der Waals surface area contributed by atoms with Crippen LogP contribution in [0.4, 0.5) is 5.69 Å². The first kappa shape index (κ1) is 21.2. The number of nitrogens with zero attached hydrogens (tertiary/aromatic N) is 2. The molecule has 2 aromatic rings. The molecule has 29 heavy (non-hydrogen) atoms. The number of halogens is 1. The molecule has 5 nitrogen and oxygen atoms in total. The van der Waals surface area contributed by atoms with Crippen molar-refractivity contribution in [1.82, 2.24) is 4.90 Å². The second kappa shape index (κ2) is 8.49. The standard InChI is InChI=1S/C23H25BrN2O3/c1-4-23(2,3)26(21(28)14-16-8-6-5-7-9-16)19-15-20(27)25(22(19)29)18-12-10-17(24)11-13-18/h5-13,19H,4,14-15H2,1-3H3. The highest BCUT2D eigenvalue weighted by atomic mass is 79.9. The van der Waals surface area contributed by atoms with Gasteiger partial charge in [0.15, 0.2) is 0 Å². The molecule has 0 aromatic heterocycles. The minimum atomic E-state index is -0.794. The summed E-state index contributed by atoms with van der Waals surface area (Å²) in [4.78, 5) is 42.1. The van der Waals surface area contributed by atoms with E-state index in [9.17, 15) is 14.4 Å². The second-order valence-electron chi connectivity index (χ2n) is 7.86. The number of benzene rings is 2. The highest BCUT2D eigenvalue weighted by molar-refractivity contribution is 9.10. The van der Waals surface area contributed by atoms with E-state index in [-0.39, 0.29) is 30.6 Å². The predicted molar refractivity (Wildman–Crippen MR) is 116 cm³/mol. The number of rotatable bonds is 6. The summed E-state index contributed by atoms with van der Waals surface area (Å²) in [7, 11) is 0. The van der Waals surface area contributed by atoms with Crippen LogP contribution in [-0.2, 0) is 20.8 Å². The van der Waals surface area contributed by atoms with E-state index in [1.54, 1.807) is 29.2 Å². The monoisotopic (exact) mass is 456 g/mol. The van der Waals surface area contributed by atoms with Gasteiger partial charge in [0, 0.05) is 10.0 Å². The number of hydrogen-bond acceptors (Lipinski definition) is 3. The van der Waals surface area contributed by atoms with Gasteiger partial charge in [-0.3, -0.25) is 14.4 Å². The van der Waals surface area contributed by atoms with Crippen molar-refractivity contribution in [2.45, 2.75) is 51.6 Å². The lowest BCUT2D eigenvalue weighted by Gasteiger charge is -2.41. The van der Waals surface area contributed by atoms with Gasteiger partial charge in [0.25, 0.3) is 5.91 Å². The Morgan fingerprint density at radius 1 is 1.10 bits per heavy atom. The molecule has 3 rings (SSSR count). The highest BCUT2D eigenvalue weighted by Gasteiger charge is 2.48. The summed E-state index contributed by atoms with van der Waals surface area (Å²) in [6, 6.07) is 15.7. The van der Waals surface area contributed by atoms with Gasteiger partial charge < -0.3 is 4.90 Å². The van der Waals surface area contributed by atoms with Crippen molar-refractivity contribution in [1.29, 1.82) is 0 Å². The van der Waals surface area contributed by atoms with E-state index in [1.807, 2.05) is 51.1 Å². The van der Waals surface area contributed by atoms with Gasteiger partial charge in [-0.1, -0.05) is 53.2 Å². The van der Waals surface area contributed by atoms with Crippen LogP contribution in [0.5, 0.6) is 0 Å². The fraction of sp³-hybridized carbons (Fsp3) is 0.348. The van der Waals surface area contributed by atoms with Crippen molar-refractivity contribution in [2.24, 2.45) is 0 Å². The van der Waals surface area contributed by atoms with Gasteiger partial charge in [-0.25, -0.2) is 4.90 Å². The van der Waals surface area contributed by atoms with E-state index in [0.29, 0.717) is 12.1 Å². The molecular formula is C23H25BrN2O3. The molecule has 0 saturated carbocycles. The summed E-state index contributed by atoms with van der Waals surface area (Å²) in [6.45, 7) is 5.86. The fourth-order valence-electron chi connectivity index (χ4n) is 3.64. The second-order valence-corrected chi connectivity index (χ2v) is 8.77. The summed E-state index contributed by atoms with van der Waals surface area (Å²) in [5.74, 6) is -0.779. The Morgan fingerprint density at radius 2 is 1.72 bits per heavy atom. The van der Waals surface area contributed by atoms with E-state index in [0.717, 1.165) is 10.0 Å². The normalized spacial score (nSPS) is 17.0. The Morgan fingerprint density at radius 3 is 2.31 bits per heavy atom. The van der Waals surface area contributed by atoms with Crippen LogP contribution in [0.25, 0.3) is 0 Å². The van der Waals surface area contributed by atoms with Crippen LogP contribution >= 0.6 is 15.9 Å². The maximum Gasteiger partial charge on any atom is 0.257 e. The summed E-state index contributed by atoms with van der Waals surface area (Å²) in [5, 5.41) is 0. The van der Waals surface area contributed by atoms with Crippen LogP contribution in [0.2, 0.25) is 0 Å². The molecule has 0 bridgehead atoms. The third-order valence-electron chi connectivity index (χ3n) is 5.50. The molecule has 0 radical (unpaired) electrons. The van der Waals surface area contributed by atoms with E-state index < -0.39 is 11.6 Å². The fourth-order valence-corrected chi connectivity index (χ4v) is 3.90. The zero-order valence-corrected chi connectivity index (χ0v) is 18.5. The van der Waals surface area contributed by atoms with Gasteiger partial charge in [-0.05, 0) is 50.1 Å². The number of carbonyl (C=O) groups excluding carboxylic acids is 3. The lowest BCUT2D eigenvalue weighted by Crippen LogP contribution is -2.56. The van der Waals surface area contributed by atoms with E-state index >= 15 is 0 Å². The Balaban J connectivity index is 1.92. The summed E-state index contributed by atoms with van der Waals surface area (Å²) in [6.07, 6.45) is 0.864. The topological polar surface area (TPSA) is 57.7 Å². The van der Waals surface area contributed by atoms with Gasteiger partial charge in [-0.15, -0.1) is 0 Å². The van der Waals surface area contributed by atoms with Gasteiger partial charge in [-0.2, -0.15) is 0 Å². The predicted octanol–water partition coefficient (Wildman–Crippen LogP) is 4.34. The number of anilines is 1. The van der Waals surface area contributed by atoms with Crippen molar-refractivity contribution in [3.63, 3.8) is 0 Å². The number of hydrogen-bond donors (Lipinski definition) is 0. The molecule has 3 amide bonds. The average molecular weight is 457 g/mol.